The number of nitrogens with one attached hydrogen (secondary N) is 1. The molecular weight excluding hydrogens is 366 g/mol. The SMILES string of the molecule is O=C(O)C1CCN(C(=O)NCCCN(Cc2ccccc2)Cc2ccccc2)C1. The van der Waals surface area contributed by atoms with Crippen molar-refractivity contribution in [3.63, 3.8) is 0 Å². The van der Waals surface area contributed by atoms with Crippen molar-refractivity contribution in [3.05, 3.63) is 71.8 Å². The first-order valence-corrected chi connectivity index (χ1v) is 10.2. The lowest BCUT2D eigenvalue weighted by Crippen LogP contribution is -2.40. The monoisotopic (exact) mass is 395 g/mol. The lowest BCUT2D eigenvalue weighted by molar-refractivity contribution is -0.141. The molecule has 3 rings (SSSR count). The third-order valence-electron chi connectivity index (χ3n) is 5.25. The Morgan fingerprint density at radius 1 is 1.00 bits per heavy atom. The maximum absolute atomic E-state index is 12.2. The Bertz CT molecular complexity index is 741. The largest absolute Gasteiger partial charge is 0.481 e. The van der Waals surface area contributed by atoms with Gasteiger partial charge in [-0.05, 0) is 24.0 Å². The summed E-state index contributed by atoms with van der Waals surface area (Å²) in [6.07, 6.45) is 1.37. The van der Waals surface area contributed by atoms with Crippen molar-refractivity contribution in [2.75, 3.05) is 26.2 Å². The third kappa shape index (κ3) is 6.61. The molecule has 0 bridgehead atoms. The summed E-state index contributed by atoms with van der Waals surface area (Å²) in [5.74, 6) is -1.26. The number of carbonyl (C=O) groups is 2. The Morgan fingerprint density at radius 3 is 2.10 bits per heavy atom. The maximum Gasteiger partial charge on any atom is 0.317 e. The van der Waals surface area contributed by atoms with Gasteiger partial charge in [-0.25, -0.2) is 4.79 Å². The van der Waals surface area contributed by atoms with Gasteiger partial charge in [-0.1, -0.05) is 60.7 Å². The molecule has 1 aliphatic heterocycles. The Hall–Kier alpha value is -2.86. The fourth-order valence-corrected chi connectivity index (χ4v) is 3.65. The van der Waals surface area contributed by atoms with Crippen LogP contribution in [0.3, 0.4) is 0 Å². The van der Waals surface area contributed by atoms with Gasteiger partial charge in [-0.3, -0.25) is 9.69 Å². The molecule has 2 aromatic carbocycles. The minimum atomic E-state index is -0.822. The minimum Gasteiger partial charge on any atom is -0.481 e. The predicted molar refractivity (Wildman–Crippen MR) is 112 cm³/mol. The molecule has 154 valence electrons. The van der Waals surface area contributed by atoms with Gasteiger partial charge in [0.1, 0.15) is 0 Å². The van der Waals surface area contributed by atoms with Crippen LogP contribution in [-0.2, 0) is 17.9 Å². The highest BCUT2D eigenvalue weighted by Gasteiger charge is 2.30. The number of hydrogen-bond donors (Lipinski definition) is 2. The Morgan fingerprint density at radius 2 is 1.59 bits per heavy atom. The minimum absolute atomic E-state index is 0.161. The van der Waals surface area contributed by atoms with Crippen LogP contribution in [0.5, 0.6) is 0 Å². The molecule has 0 spiro atoms. The van der Waals surface area contributed by atoms with Crippen LogP contribution >= 0.6 is 0 Å². The van der Waals surface area contributed by atoms with Crippen LogP contribution < -0.4 is 5.32 Å². The lowest BCUT2D eigenvalue weighted by Gasteiger charge is -2.23. The number of amides is 2. The fraction of sp³-hybridized carbons (Fsp3) is 0.391. The molecule has 0 aromatic heterocycles. The summed E-state index contributed by atoms with van der Waals surface area (Å²) < 4.78 is 0. The topological polar surface area (TPSA) is 72.9 Å². The molecule has 1 fully saturated rings. The molecule has 6 heteroatoms. The average molecular weight is 396 g/mol. The summed E-state index contributed by atoms with van der Waals surface area (Å²) in [5.41, 5.74) is 2.54. The molecule has 1 atom stereocenters. The number of carbonyl (C=O) groups excluding carboxylic acids is 1. The van der Waals surface area contributed by atoms with Gasteiger partial charge in [-0.15, -0.1) is 0 Å². The summed E-state index contributed by atoms with van der Waals surface area (Å²) in [5, 5.41) is 12.0. The van der Waals surface area contributed by atoms with E-state index in [-0.39, 0.29) is 6.03 Å². The van der Waals surface area contributed by atoms with Gasteiger partial charge in [0, 0.05) is 39.3 Å². The quantitative estimate of drug-likeness (QED) is 0.640. The van der Waals surface area contributed by atoms with Crippen molar-refractivity contribution in [2.24, 2.45) is 5.92 Å². The van der Waals surface area contributed by atoms with Crippen molar-refractivity contribution in [1.82, 2.24) is 15.1 Å². The molecule has 1 unspecified atom stereocenters. The zero-order valence-corrected chi connectivity index (χ0v) is 16.7. The highest BCUT2D eigenvalue weighted by molar-refractivity contribution is 5.77. The second-order valence-corrected chi connectivity index (χ2v) is 7.54. The van der Waals surface area contributed by atoms with Crippen molar-refractivity contribution in [3.8, 4) is 0 Å². The summed E-state index contributed by atoms with van der Waals surface area (Å²) in [6, 6.07) is 20.6. The number of carboxylic acid groups (broad SMARTS) is 1. The van der Waals surface area contributed by atoms with Crippen LogP contribution in [0.25, 0.3) is 0 Å². The molecule has 0 saturated carbocycles. The average Bonchev–Trinajstić information content (AvgIpc) is 3.23. The molecule has 2 aromatic rings. The summed E-state index contributed by atoms with van der Waals surface area (Å²) >= 11 is 0. The Balaban J connectivity index is 1.46. The fourth-order valence-electron chi connectivity index (χ4n) is 3.65. The predicted octanol–water partition coefficient (Wildman–Crippen LogP) is 3.20. The molecule has 29 heavy (non-hydrogen) atoms. The number of nitrogens with zero attached hydrogens (tertiary/aromatic N) is 2. The summed E-state index contributed by atoms with van der Waals surface area (Å²) in [4.78, 5) is 27.3. The van der Waals surface area contributed by atoms with Crippen molar-refractivity contribution >= 4 is 12.0 Å². The highest BCUT2D eigenvalue weighted by Crippen LogP contribution is 2.16. The number of aliphatic carboxylic acids is 1. The second-order valence-electron chi connectivity index (χ2n) is 7.54. The van der Waals surface area contributed by atoms with E-state index in [4.69, 9.17) is 5.11 Å². The van der Waals surface area contributed by atoms with E-state index in [0.717, 1.165) is 26.1 Å². The van der Waals surface area contributed by atoms with Gasteiger partial charge in [0.25, 0.3) is 0 Å². The van der Waals surface area contributed by atoms with Gasteiger partial charge in [0.2, 0.25) is 0 Å². The van der Waals surface area contributed by atoms with Crippen LogP contribution in [0.4, 0.5) is 4.79 Å². The molecule has 1 heterocycles. The van der Waals surface area contributed by atoms with Crippen molar-refractivity contribution < 1.29 is 14.7 Å². The third-order valence-corrected chi connectivity index (χ3v) is 5.25. The van der Waals surface area contributed by atoms with E-state index < -0.39 is 11.9 Å². The first kappa shape index (κ1) is 20.9. The first-order valence-electron chi connectivity index (χ1n) is 10.2. The number of benzene rings is 2. The van der Waals surface area contributed by atoms with Crippen LogP contribution in [0.15, 0.2) is 60.7 Å². The number of hydrogen-bond acceptors (Lipinski definition) is 3. The molecule has 6 nitrogen and oxygen atoms in total. The highest BCUT2D eigenvalue weighted by atomic mass is 16.4. The lowest BCUT2D eigenvalue weighted by atomic mass is 10.1. The van der Waals surface area contributed by atoms with Crippen LogP contribution in [-0.4, -0.2) is 53.1 Å². The van der Waals surface area contributed by atoms with E-state index >= 15 is 0 Å². The van der Waals surface area contributed by atoms with E-state index in [1.165, 1.54) is 11.1 Å². The molecule has 0 aliphatic carbocycles. The van der Waals surface area contributed by atoms with Gasteiger partial charge in [-0.2, -0.15) is 0 Å². The zero-order chi connectivity index (χ0) is 20.5. The van der Waals surface area contributed by atoms with Gasteiger partial charge in [0.05, 0.1) is 5.92 Å². The number of urea groups is 1. The first-order chi connectivity index (χ1) is 14.1. The maximum atomic E-state index is 12.2. The summed E-state index contributed by atoms with van der Waals surface area (Å²) in [7, 11) is 0. The van der Waals surface area contributed by atoms with Gasteiger partial charge >= 0.3 is 12.0 Å². The van der Waals surface area contributed by atoms with E-state index in [1.54, 1.807) is 4.90 Å². The van der Waals surface area contributed by atoms with Crippen molar-refractivity contribution in [1.29, 1.82) is 0 Å². The van der Waals surface area contributed by atoms with Gasteiger partial charge < -0.3 is 15.3 Å². The van der Waals surface area contributed by atoms with Crippen LogP contribution in [0.1, 0.15) is 24.0 Å². The molecular formula is C23H29N3O3. The Kier molecular flexibility index (Phi) is 7.64. The molecule has 1 aliphatic rings. The molecule has 2 N–H and O–H groups in total. The van der Waals surface area contributed by atoms with E-state index in [1.807, 2.05) is 12.1 Å². The number of likely N-dealkylation sites (tertiary alicyclic amines) is 1. The van der Waals surface area contributed by atoms with E-state index in [2.05, 4.69) is 58.7 Å². The summed E-state index contributed by atoms with van der Waals surface area (Å²) in [6.45, 7) is 3.97. The standard InChI is InChI=1S/C23H29N3O3/c27-22(28)21-12-15-26(18-21)23(29)24-13-7-14-25(16-19-8-3-1-4-9-19)17-20-10-5-2-6-11-20/h1-6,8-11,21H,7,12-18H2,(H,24,29)(H,27,28). The number of carboxylic acids is 1. The molecule has 1 saturated heterocycles. The van der Waals surface area contributed by atoms with E-state index in [0.29, 0.717) is 26.1 Å². The smallest absolute Gasteiger partial charge is 0.317 e. The number of rotatable bonds is 9. The van der Waals surface area contributed by atoms with Gasteiger partial charge in [0.15, 0.2) is 0 Å². The van der Waals surface area contributed by atoms with Crippen LogP contribution in [0.2, 0.25) is 0 Å². The molecule has 0 radical (unpaired) electrons. The zero-order valence-electron chi connectivity index (χ0n) is 16.7. The van der Waals surface area contributed by atoms with E-state index in [9.17, 15) is 9.59 Å². The Labute approximate surface area is 172 Å². The second kappa shape index (κ2) is 10.6. The van der Waals surface area contributed by atoms with Crippen molar-refractivity contribution in [2.45, 2.75) is 25.9 Å². The normalized spacial score (nSPS) is 16.2. The molecule has 2 amide bonds. The van der Waals surface area contributed by atoms with Crippen LogP contribution in [0, 0.1) is 5.92 Å².